The maximum Gasteiger partial charge on any atom is 0.137 e. The van der Waals surface area contributed by atoms with Crippen molar-refractivity contribution in [3.05, 3.63) is 157 Å². The van der Waals surface area contributed by atoms with E-state index in [1.807, 2.05) is 30.6 Å². The topological polar surface area (TPSA) is 35.6 Å². The Kier molecular flexibility index (Phi) is 5.31. The van der Waals surface area contributed by atoms with Crippen molar-refractivity contribution in [3.8, 4) is 33.9 Å². The number of para-hydroxylation sites is 2. The van der Waals surface area contributed by atoms with Gasteiger partial charge in [0.1, 0.15) is 5.82 Å². The summed E-state index contributed by atoms with van der Waals surface area (Å²) in [5.74, 6) is 0.926. The van der Waals surface area contributed by atoms with E-state index >= 15 is 0 Å². The molecule has 0 atom stereocenters. The number of hydrogen-bond acceptors (Lipinski definition) is 2. The fraction of sp³-hybridized carbons (Fsp3) is 0.0698. The number of hydrogen-bond donors (Lipinski definition) is 0. The average Bonchev–Trinajstić information content (AvgIpc) is 3.71. The largest absolute Gasteiger partial charge is 0.309 e. The van der Waals surface area contributed by atoms with Gasteiger partial charge in [-0.05, 0) is 89.0 Å². The molecule has 0 bridgehead atoms. The molecule has 0 fully saturated rings. The standard InChI is InChI=1S/C43H30N4/c1-43(2)35-19-18-29(26-34(35)42-36(43)12-9-23-45-42)46-37-13-5-3-10-30(37)32-24-27(16-20-39(32)46)28-17-21-40-33(25-28)31-11-4-6-14-38(31)47(40)41-15-7-8-22-44-41/h3-26H,1-2H3. The summed E-state index contributed by atoms with van der Waals surface area (Å²) in [5, 5.41) is 4.94. The van der Waals surface area contributed by atoms with Crippen molar-refractivity contribution in [1.82, 2.24) is 19.1 Å². The van der Waals surface area contributed by atoms with Crippen LogP contribution in [-0.2, 0) is 5.41 Å². The maximum atomic E-state index is 4.83. The first-order valence-corrected chi connectivity index (χ1v) is 16.2. The van der Waals surface area contributed by atoms with Gasteiger partial charge in [0.15, 0.2) is 0 Å². The first kappa shape index (κ1) is 26.2. The lowest BCUT2D eigenvalue weighted by molar-refractivity contribution is 0.659. The van der Waals surface area contributed by atoms with Crippen molar-refractivity contribution in [2.75, 3.05) is 0 Å². The normalized spacial score (nSPS) is 13.5. The molecule has 222 valence electrons. The van der Waals surface area contributed by atoms with Gasteiger partial charge in [0.2, 0.25) is 0 Å². The molecule has 0 spiro atoms. The van der Waals surface area contributed by atoms with Gasteiger partial charge < -0.3 is 4.57 Å². The van der Waals surface area contributed by atoms with E-state index in [2.05, 4.69) is 143 Å². The molecule has 47 heavy (non-hydrogen) atoms. The van der Waals surface area contributed by atoms with Gasteiger partial charge >= 0.3 is 0 Å². The lowest BCUT2D eigenvalue weighted by Crippen LogP contribution is -2.15. The fourth-order valence-electron chi connectivity index (χ4n) is 8.00. The van der Waals surface area contributed by atoms with E-state index in [4.69, 9.17) is 4.98 Å². The van der Waals surface area contributed by atoms with Crippen molar-refractivity contribution in [2.45, 2.75) is 19.3 Å². The van der Waals surface area contributed by atoms with Crippen LogP contribution in [-0.4, -0.2) is 19.1 Å². The summed E-state index contributed by atoms with van der Waals surface area (Å²) < 4.78 is 4.67. The zero-order chi connectivity index (χ0) is 31.3. The minimum Gasteiger partial charge on any atom is -0.309 e. The molecule has 1 aliphatic carbocycles. The van der Waals surface area contributed by atoms with Crippen molar-refractivity contribution in [2.24, 2.45) is 0 Å². The Labute approximate surface area is 272 Å². The predicted octanol–water partition coefficient (Wildman–Crippen LogP) is 10.6. The van der Waals surface area contributed by atoms with E-state index in [1.54, 1.807) is 0 Å². The third kappa shape index (κ3) is 3.64. The highest BCUT2D eigenvalue weighted by Gasteiger charge is 2.36. The van der Waals surface area contributed by atoms with E-state index in [0.29, 0.717) is 0 Å². The Morgan fingerprint density at radius 3 is 1.79 bits per heavy atom. The molecule has 9 aromatic rings. The minimum atomic E-state index is -0.0712. The summed E-state index contributed by atoms with van der Waals surface area (Å²) in [6, 6.07) is 48.4. The summed E-state index contributed by atoms with van der Waals surface area (Å²) in [7, 11) is 0. The van der Waals surface area contributed by atoms with E-state index < -0.39 is 0 Å². The molecule has 0 aliphatic heterocycles. The molecular weight excluding hydrogens is 573 g/mol. The van der Waals surface area contributed by atoms with Crippen LogP contribution >= 0.6 is 0 Å². The molecule has 0 N–H and O–H groups in total. The molecule has 0 saturated heterocycles. The van der Waals surface area contributed by atoms with E-state index in [0.717, 1.165) is 28.2 Å². The second-order valence-electron chi connectivity index (χ2n) is 13.1. The van der Waals surface area contributed by atoms with Crippen LogP contribution in [0.3, 0.4) is 0 Å². The number of fused-ring (bicyclic) bond motifs is 9. The van der Waals surface area contributed by atoms with Crippen molar-refractivity contribution < 1.29 is 0 Å². The van der Waals surface area contributed by atoms with E-state index in [-0.39, 0.29) is 5.41 Å². The van der Waals surface area contributed by atoms with Crippen LogP contribution in [0.4, 0.5) is 0 Å². The number of aromatic nitrogens is 4. The summed E-state index contributed by atoms with van der Waals surface area (Å²) in [4.78, 5) is 9.52. The molecule has 4 aromatic heterocycles. The van der Waals surface area contributed by atoms with Crippen molar-refractivity contribution >= 4 is 43.6 Å². The number of pyridine rings is 2. The van der Waals surface area contributed by atoms with Crippen LogP contribution in [0.2, 0.25) is 0 Å². The molecular formula is C43H30N4. The monoisotopic (exact) mass is 602 g/mol. The number of rotatable bonds is 3. The first-order valence-electron chi connectivity index (χ1n) is 16.2. The van der Waals surface area contributed by atoms with Crippen LogP contribution < -0.4 is 0 Å². The van der Waals surface area contributed by atoms with Crippen molar-refractivity contribution in [1.29, 1.82) is 0 Å². The average molecular weight is 603 g/mol. The lowest BCUT2D eigenvalue weighted by Gasteiger charge is -2.21. The maximum absolute atomic E-state index is 4.83. The van der Waals surface area contributed by atoms with Gasteiger partial charge in [0.05, 0.1) is 27.8 Å². The van der Waals surface area contributed by atoms with E-state index in [9.17, 15) is 0 Å². The Hall–Kier alpha value is -6.00. The molecule has 0 radical (unpaired) electrons. The van der Waals surface area contributed by atoms with Gasteiger partial charge in [-0.25, -0.2) is 4.98 Å². The van der Waals surface area contributed by atoms with Gasteiger partial charge in [-0.15, -0.1) is 0 Å². The highest BCUT2D eigenvalue weighted by molar-refractivity contribution is 6.12. The second-order valence-corrected chi connectivity index (χ2v) is 13.1. The number of nitrogens with zero attached hydrogens (tertiary/aromatic N) is 4. The van der Waals surface area contributed by atoms with Gasteiger partial charge in [-0.1, -0.05) is 80.6 Å². The Bertz CT molecular complexity index is 2710. The lowest BCUT2D eigenvalue weighted by atomic mass is 9.83. The Morgan fingerprint density at radius 1 is 0.468 bits per heavy atom. The molecule has 0 unspecified atom stereocenters. The summed E-state index contributed by atoms with van der Waals surface area (Å²) in [5.41, 5.74) is 13.1. The zero-order valence-electron chi connectivity index (χ0n) is 26.1. The fourth-order valence-corrected chi connectivity index (χ4v) is 8.00. The molecule has 5 aromatic carbocycles. The van der Waals surface area contributed by atoms with Crippen LogP contribution in [0.15, 0.2) is 146 Å². The molecule has 4 heteroatoms. The smallest absolute Gasteiger partial charge is 0.137 e. The van der Waals surface area contributed by atoms with Crippen LogP contribution in [0.5, 0.6) is 0 Å². The quantitative estimate of drug-likeness (QED) is 0.202. The molecule has 4 heterocycles. The Morgan fingerprint density at radius 2 is 1.09 bits per heavy atom. The molecule has 0 amide bonds. The third-order valence-corrected chi connectivity index (χ3v) is 10.2. The van der Waals surface area contributed by atoms with E-state index in [1.165, 1.54) is 60.4 Å². The van der Waals surface area contributed by atoms with Gasteiger partial charge in [-0.3, -0.25) is 9.55 Å². The van der Waals surface area contributed by atoms with Crippen LogP contribution in [0, 0.1) is 0 Å². The zero-order valence-corrected chi connectivity index (χ0v) is 26.1. The molecule has 1 aliphatic rings. The summed E-state index contributed by atoms with van der Waals surface area (Å²) in [6.45, 7) is 4.60. The second kappa shape index (κ2) is 9.51. The van der Waals surface area contributed by atoms with Crippen LogP contribution in [0.1, 0.15) is 25.0 Å². The molecule has 10 rings (SSSR count). The predicted molar refractivity (Wildman–Crippen MR) is 194 cm³/mol. The number of benzene rings is 5. The highest BCUT2D eigenvalue weighted by Crippen LogP contribution is 2.48. The Balaban J connectivity index is 1.16. The van der Waals surface area contributed by atoms with Gasteiger partial charge in [-0.2, -0.15) is 0 Å². The van der Waals surface area contributed by atoms with Crippen LogP contribution in [0.25, 0.3) is 77.5 Å². The molecule has 4 nitrogen and oxygen atoms in total. The third-order valence-electron chi connectivity index (χ3n) is 10.2. The SMILES string of the molecule is CC1(C)c2ccc(-n3c4ccccc4c4cc(-c5ccc6c(c5)c5ccccc5n6-c5ccccn5)ccc43)cc2-c2ncccc21. The molecule has 0 saturated carbocycles. The van der Waals surface area contributed by atoms with Crippen molar-refractivity contribution in [3.63, 3.8) is 0 Å². The minimum absolute atomic E-state index is 0.0712. The highest BCUT2D eigenvalue weighted by atomic mass is 15.1. The summed E-state index contributed by atoms with van der Waals surface area (Å²) in [6.07, 6.45) is 3.77. The van der Waals surface area contributed by atoms with Gasteiger partial charge in [0.25, 0.3) is 0 Å². The van der Waals surface area contributed by atoms with Gasteiger partial charge in [0, 0.05) is 50.6 Å². The first-order chi connectivity index (χ1) is 23.1. The summed E-state index contributed by atoms with van der Waals surface area (Å²) >= 11 is 0.